The highest BCUT2D eigenvalue weighted by molar-refractivity contribution is 7.91. The Morgan fingerprint density at radius 3 is 2.50 bits per heavy atom. The van der Waals surface area contributed by atoms with Gasteiger partial charge in [0.1, 0.15) is 0 Å². The van der Waals surface area contributed by atoms with E-state index in [1.807, 2.05) is 7.05 Å². The van der Waals surface area contributed by atoms with Crippen molar-refractivity contribution in [1.82, 2.24) is 4.90 Å². The fraction of sp³-hybridized carbons (Fsp3) is 1.00. The maximum Gasteiger partial charge on any atom is 0.151 e. The number of hydrogen-bond acceptors (Lipinski definition) is 4. The lowest BCUT2D eigenvalue weighted by Crippen LogP contribution is -2.33. The zero-order chi connectivity index (χ0) is 12.0. The second-order valence-electron chi connectivity index (χ2n) is 4.68. The van der Waals surface area contributed by atoms with E-state index in [1.165, 1.54) is 0 Å². The Kier molecular flexibility index (Phi) is 5.72. The van der Waals surface area contributed by atoms with Crippen molar-refractivity contribution < 1.29 is 13.5 Å². The number of aliphatic hydroxyl groups is 1. The minimum atomic E-state index is -2.75. The summed E-state index contributed by atoms with van der Waals surface area (Å²) >= 11 is 0. The van der Waals surface area contributed by atoms with E-state index in [9.17, 15) is 8.42 Å². The molecule has 16 heavy (non-hydrogen) atoms. The molecule has 0 spiro atoms. The predicted molar refractivity (Wildman–Crippen MR) is 65.2 cm³/mol. The molecule has 0 amide bonds. The molecule has 4 nitrogen and oxygen atoms in total. The van der Waals surface area contributed by atoms with Crippen LogP contribution in [0.3, 0.4) is 0 Å². The van der Waals surface area contributed by atoms with Crippen LogP contribution in [0.4, 0.5) is 0 Å². The van der Waals surface area contributed by atoms with Gasteiger partial charge in [-0.05, 0) is 32.9 Å². The van der Waals surface area contributed by atoms with E-state index in [-0.39, 0.29) is 12.6 Å². The lowest BCUT2D eigenvalue weighted by atomic mass is 10.1. The van der Waals surface area contributed by atoms with Gasteiger partial charge in [0.2, 0.25) is 0 Å². The summed E-state index contributed by atoms with van der Waals surface area (Å²) in [6, 6.07) is 0.225. The van der Waals surface area contributed by atoms with E-state index in [1.54, 1.807) is 0 Å². The van der Waals surface area contributed by atoms with Gasteiger partial charge in [-0.3, -0.25) is 0 Å². The van der Waals surface area contributed by atoms with Crippen LogP contribution in [-0.4, -0.2) is 56.2 Å². The molecule has 0 aromatic rings. The van der Waals surface area contributed by atoms with E-state index >= 15 is 0 Å². The summed E-state index contributed by atoms with van der Waals surface area (Å²) in [6.07, 6.45) is 4.93. The van der Waals surface area contributed by atoms with Crippen molar-refractivity contribution in [2.45, 2.75) is 38.1 Å². The van der Waals surface area contributed by atoms with Gasteiger partial charge in [-0.25, -0.2) is 8.42 Å². The van der Waals surface area contributed by atoms with Gasteiger partial charge in [-0.1, -0.05) is 12.8 Å². The van der Waals surface area contributed by atoms with Gasteiger partial charge in [0.25, 0.3) is 0 Å². The van der Waals surface area contributed by atoms with Crippen molar-refractivity contribution in [3.63, 3.8) is 0 Å². The van der Waals surface area contributed by atoms with Gasteiger partial charge in [0.05, 0.1) is 11.5 Å². The normalized spacial score (nSPS) is 24.1. The third kappa shape index (κ3) is 4.80. The van der Waals surface area contributed by atoms with E-state index in [4.69, 9.17) is 5.11 Å². The quantitative estimate of drug-likeness (QED) is 0.673. The molecule has 0 aromatic heterocycles. The number of unbranched alkanes of at least 4 members (excludes halogenated alkanes) is 3. The van der Waals surface area contributed by atoms with E-state index in [0.29, 0.717) is 11.5 Å². The zero-order valence-electron chi connectivity index (χ0n) is 10.1. The van der Waals surface area contributed by atoms with Gasteiger partial charge in [0.15, 0.2) is 9.84 Å². The number of aliphatic hydroxyl groups excluding tert-OH is 1. The molecule has 0 bridgehead atoms. The maximum absolute atomic E-state index is 11.3. The molecule has 1 aliphatic heterocycles. The molecule has 1 heterocycles. The minimum Gasteiger partial charge on any atom is -0.396 e. The number of sulfone groups is 1. The summed E-state index contributed by atoms with van der Waals surface area (Å²) in [4.78, 5) is 2.17. The molecule has 1 N–H and O–H groups in total. The highest BCUT2D eigenvalue weighted by Gasteiger charge is 2.30. The molecule has 1 atom stereocenters. The Morgan fingerprint density at radius 2 is 1.94 bits per heavy atom. The third-order valence-electron chi connectivity index (χ3n) is 3.25. The second kappa shape index (κ2) is 6.57. The lowest BCUT2D eigenvalue weighted by Gasteiger charge is -2.22. The first-order valence-electron chi connectivity index (χ1n) is 6.07. The van der Waals surface area contributed by atoms with Crippen LogP contribution in [-0.2, 0) is 9.84 Å². The molecule has 1 aliphatic rings. The molecule has 96 valence electrons. The van der Waals surface area contributed by atoms with Gasteiger partial charge >= 0.3 is 0 Å². The zero-order valence-corrected chi connectivity index (χ0v) is 10.9. The third-order valence-corrected chi connectivity index (χ3v) is 5.00. The standard InChI is InChI=1S/C11H23NO3S/c1-12(7-4-2-3-5-8-13)11-6-9-16(14,15)10-11/h11,13H,2-10H2,1H3. The molecule has 5 heteroatoms. The molecule has 1 saturated heterocycles. The first-order valence-corrected chi connectivity index (χ1v) is 7.89. The van der Waals surface area contributed by atoms with Gasteiger partial charge in [-0.2, -0.15) is 0 Å². The summed E-state index contributed by atoms with van der Waals surface area (Å²) < 4.78 is 22.6. The summed E-state index contributed by atoms with van der Waals surface area (Å²) in [7, 11) is -0.743. The highest BCUT2D eigenvalue weighted by atomic mass is 32.2. The van der Waals surface area contributed by atoms with Crippen molar-refractivity contribution in [2.75, 3.05) is 31.7 Å². The highest BCUT2D eigenvalue weighted by Crippen LogP contribution is 2.16. The van der Waals surface area contributed by atoms with E-state index in [0.717, 1.165) is 38.6 Å². The fourth-order valence-electron chi connectivity index (χ4n) is 2.13. The Labute approximate surface area is 98.6 Å². The average molecular weight is 249 g/mol. The van der Waals surface area contributed by atoms with Crippen molar-refractivity contribution in [3.8, 4) is 0 Å². The Morgan fingerprint density at radius 1 is 1.25 bits per heavy atom. The van der Waals surface area contributed by atoms with Gasteiger partial charge < -0.3 is 10.0 Å². The molecule has 1 unspecified atom stereocenters. The van der Waals surface area contributed by atoms with Crippen LogP contribution in [0.1, 0.15) is 32.1 Å². The van der Waals surface area contributed by atoms with Crippen LogP contribution in [0.5, 0.6) is 0 Å². The van der Waals surface area contributed by atoms with Crippen LogP contribution < -0.4 is 0 Å². The molecular formula is C11H23NO3S. The van der Waals surface area contributed by atoms with Gasteiger partial charge in [0, 0.05) is 12.6 Å². The summed E-state index contributed by atoms with van der Waals surface area (Å²) in [5, 5.41) is 8.63. The maximum atomic E-state index is 11.3. The number of nitrogens with zero attached hydrogens (tertiary/aromatic N) is 1. The summed E-state index contributed by atoms with van der Waals surface area (Å²) in [6.45, 7) is 1.24. The fourth-order valence-corrected chi connectivity index (χ4v) is 3.94. The Balaban J connectivity index is 2.14. The van der Waals surface area contributed by atoms with E-state index in [2.05, 4.69) is 4.90 Å². The van der Waals surface area contributed by atoms with E-state index < -0.39 is 9.84 Å². The first kappa shape index (κ1) is 13.9. The Hall–Kier alpha value is -0.130. The monoisotopic (exact) mass is 249 g/mol. The van der Waals surface area contributed by atoms with Crippen LogP contribution in [0.25, 0.3) is 0 Å². The molecule has 0 aromatic carbocycles. The summed E-state index contributed by atoms with van der Waals surface area (Å²) in [5.74, 6) is 0.687. The minimum absolute atomic E-state index is 0.225. The largest absolute Gasteiger partial charge is 0.396 e. The molecule has 1 rings (SSSR count). The molecule has 0 radical (unpaired) electrons. The lowest BCUT2D eigenvalue weighted by molar-refractivity contribution is 0.250. The van der Waals surface area contributed by atoms with Gasteiger partial charge in [-0.15, -0.1) is 0 Å². The van der Waals surface area contributed by atoms with Crippen LogP contribution in [0.2, 0.25) is 0 Å². The van der Waals surface area contributed by atoms with Crippen molar-refractivity contribution in [3.05, 3.63) is 0 Å². The van der Waals surface area contributed by atoms with Crippen molar-refractivity contribution in [1.29, 1.82) is 0 Å². The molecular weight excluding hydrogens is 226 g/mol. The average Bonchev–Trinajstić information content (AvgIpc) is 2.58. The number of rotatable bonds is 7. The van der Waals surface area contributed by atoms with Crippen molar-refractivity contribution >= 4 is 9.84 Å². The number of hydrogen-bond donors (Lipinski definition) is 1. The second-order valence-corrected chi connectivity index (χ2v) is 6.90. The Bertz CT molecular complexity index is 290. The summed E-state index contributed by atoms with van der Waals surface area (Å²) in [5.41, 5.74) is 0. The molecule has 0 aliphatic carbocycles. The smallest absolute Gasteiger partial charge is 0.151 e. The topological polar surface area (TPSA) is 57.6 Å². The predicted octanol–water partition coefficient (Wildman–Crippen LogP) is 0.658. The first-order chi connectivity index (χ1) is 7.55. The molecule has 1 fully saturated rings. The van der Waals surface area contributed by atoms with Crippen molar-refractivity contribution in [2.24, 2.45) is 0 Å². The SMILES string of the molecule is CN(CCCCCCO)C1CCS(=O)(=O)C1. The molecule has 0 saturated carbocycles. The van der Waals surface area contributed by atoms with Crippen LogP contribution in [0.15, 0.2) is 0 Å². The van der Waals surface area contributed by atoms with Crippen LogP contribution >= 0.6 is 0 Å². The van der Waals surface area contributed by atoms with Crippen LogP contribution in [0, 0.1) is 0 Å².